The van der Waals surface area contributed by atoms with E-state index in [1.54, 1.807) is 19.2 Å². The van der Waals surface area contributed by atoms with Gasteiger partial charge in [0, 0.05) is 31.2 Å². The molecule has 2 aromatic carbocycles. The lowest BCUT2D eigenvalue weighted by Crippen LogP contribution is -2.14. The third kappa shape index (κ3) is 4.69. The summed E-state index contributed by atoms with van der Waals surface area (Å²) in [6, 6.07) is 12.8. The van der Waals surface area contributed by atoms with Crippen molar-refractivity contribution in [3.63, 3.8) is 0 Å². The number of benzene rings is 2. The van der Waals surface area contributed by atoms with Gasteiger partial charge < -0.3 is 20.3 Å². The molecule has 0 aliphatic rings. The molecule has 1 heterocycles. The Morgan fingerprint density at radius 1 is 1.04 bits per heavy atom. The molecule has 1 aromatic heterocycles. The van der Waals surface area contributed by atoms with Crippen LogP contribution in [-0.4, -0.2) is 37.1 Å². The first-order valence-corrected chi connectivity index (χ1v) is 8.85. The average Bonchev–Trinajstić information content (AvgIpc) is 2.69. The molecule has 0 unspecified atom stereocenters. The summed E-state index contributed by atoms with van der Waals surface area (Å²) in [7, 11) is 5.47. The maximum Gasteiger partial charge on any atom is 0.275 e. The van der Waals surface area contributed by atoms with Crippen molar-refractivity contribution >= 4 is 40.4 Å². The molecule has 8 heteroatoms. The molecule has 1 amide bonds. The SMILES string of the molecule is COc1ccc(Nc2cnc(C(=O)Nc3ccc(N(C)C)cc3)cn2)cc1Cl. The number of ether oxygens (including phenoxy) is 1. The molecule has 28 heavy (non-hydrogen) atoms. The van der Waals surface area contributed by atoms with Crippen LogP contribution in [0.1, 0.15) is 10.5 Å². The van der Waals surface area contributed by atoms with Crippen LogP contribution in [0.15, 0.2) is 54.9 Å². The van der Waals surface area contributed by atoms with E-state index in [9.17, 15) is 4.79 Å². The minimum atomic E-state index is -0.329. The fourth-order valence-electron chi connectivity index (χ4n) is 2.44. The minimum absolute atomic E-state index is 0.218. The molecule has 2 N–H and O–H groups in total. The molecule has 0 spiro atoms. The molecular formula is C20H20ClN5O2. The van der Waals surface area contributed by atoms with E-state index in [-0.39, 0.29) is 11.6 Å². The van der Waals surface area contributed by atoms with E-state index in [1.807, 2.05) is 49.3 Å². The van der Waals surface area contributed by atoms with Crippen molar-refractivity contribution in [1.29, 1.82) is 0 Å². The van der Waals surface area contributed by atoms with Crippen molar-refractivity contribution in [3.8, 4) is 5.75 Å². The van der Waals surface area contributed by atoms with Crippen LogP contribution in [0.5, 0.6) is 5.75 Å². The lowest BCUT2D eigenvalue weighted by molar-refractivity contribution is 0.102. The number of halogens is 1. The highest BCUT2D eigenvalue weighted by Gasteiger charge is 2.09. The van der Waals surface area contributed by atoms with Gasteiger partial charge in [0.2, 0.25) is 0 Å². The maximum atomic E-state index is 12.3. The molecule has 0 radical (unpaired) electrons. The Bertz CT molecular complexity index is 959. The summed E-state index contributed by atoms with van der Waals surface area (Å²) in [5.74, 6) is 0.751. The average molecular weight is 398 g/mol. The zero-order valence-corrected chi connectivity index (χ0v) is 16.5. The van der Waals surface area contributed by atoms with Gasteiger partial charge >= 0.3 is 0 Å². The monoisotopic (exact) mass is 397 g/mol. The van der Waals surface area contributed by atoms with E-state index in [1.165, 1.54) is 12.4 Å². The lowest BCUT2D eigenvalue weighted by Gasteiger charge is -2.13. The quantitative estimate of drug-likeness (QED) is 0.649. The first kappa shape index (κ1) is 19.4. The molecule has 3 aromatic rings. The van der Waals surface area contributed by atoms with Crippen molar-refractivity contribution in [2.45, 2.75) is 0 Å². The Hall–Kier alpha value is -3.32. The van der Waals surface area contributed by atoms with E-state index < -0.39 is 0 Å². The first-order valence-electron chi connectivity index (χ1n) is 8.47. The van der Waals surface area contributed by atoms with Crippen LogP contribution < -0.4 is 20.3 Å². The van der Waals surface area contributed by atoms with Crippen LogP contribution in [0.2, 0.25) is 5.02 Å². The molecule has 0 saturated heterocycles. The van der Waals surface area contributed by atoms with Gasteiger partial charge in [-0.25, -0.2) is 9.97 Å². The number of anilines is 4. The second-order valence-electron chi connectivity index (χ2n) is 6.16. The molecule has 0 atom stereocenters. The number of nitrogens with zero attached hydrogens (tertiary/aromatic N) is 3. The van der Waals surface area contributed by atoms with Gasteiger partial charge in [-0.1, -0.05) is 11.6 Å². The summed E-state index contributed by atoms with van der Waals surface area (Å²) in [6.45, 7) is 0. The van der Waals surface area contributed by atoms with E-state index in [0.29, 0.717) is 22.3 Å². The molecule has 0 aliphatic heterocycles. The second kappa shape index (κ2) is 8.58. The predicted octanol–water partition coefficient (Wildman–Crippen LogP) is 4.20. The van der Waals surface area contributed by atoms with Crippen molar-refractivity contribution in [2.24, 2.45) is 0 Å². The topological polar surface area (TPSA) is 79.4 Å². The molecule has 144 valence electrons. The zero-order chi connectivity index (χ0) is 20.1. The summed E-state index contributed by atoms with van der Waals surface area (Å²) >= 11 is 6.11. The zero-order valence-electron chi connectivity index (χ0n) is 15.7. The van der Waals surface area contributed by atoms with Crippen LogP contribution >= 0.6 is 11.6 Å². The summed E-state index contributed by atoms with van der Waals surface area (Å²) in [6.07, 6.45) is 2.90. The van der Waals surface area contributed by atoms with Gasteiger partial charge in [-0.2, -0.15) is 0 Å². The molecule has 0 bridgehead atoms. The van der Waals surface area contributed by atoms with Gasteiger partial charge in [-0.15, -0.1) is 0 Å². The van der Waals surface area contributed by atoms with Crippen molar-refractivity contribution in [1.82, 2.24) is 9.97 Å². The minimum Gasteiger partial charge on any atom is -0.495 e. The Morgan fingerprint density at radius 2 is 1.75 bits per heavy atom. The molecule has 0 aliphatic carbocycles. The van der Waals surface area contributed by atoms with Crippen molar-refractivity contribution < 1.29 is 9.53 Å². The third-order valence-corrected chi connectivity index (χ3v) is 4.25. The standard InChI is InChI=1S/C20H20ClN5O2/c1-26(2)15-7-4-13(5-8-15)25-20(27)17-11-23-19(12-22-17)24-14-6-9-18(28-3)16(21)10-14/h4-12H,1-3H3,(H,23,24)(H,25,27). The summed E-state index contributed by atoms with van der Waals surface area (Å²) < 4.78 is 5.12. The Kier molecular flexibility index (Phi) is 5.96. The molecule has 0 fully saturated rings. The summed E-state index contributed by atoms with van der Waals surface area (Å²) in [4.78, 5) is 22.7. The molecule has 3 rings (SSSR count). The maximum absolute atomic E-state index is 12.3. The van der Waals surface area contributed by atoms with Gasteiger partial charge in [-0.05, 0) is 42.5 Å². The van der Waals surface area contributed by atoms with Gasteiger partial charge in [0.25, 0.3) is 5.91 Å². The predicted molar refractivity (Wildman–Crippen MR) is 112 cm³/mol. The number of methoxy groups -OCH3 is 1. The van der Waals surface area contributed by atoms with E-state index >= 15 is 0 Å². The van der Waals surface area contributed by atoms with Crippen LogP contribution in [0.3, 0.4) is 0 Å². The number of carbonyl (C=O) groups is 1. The highest BCUT2D eigenvalue weighted by atomic mass is 35.5. The fourth-order valence-corrected chi connectivity index (χ4v) is 2.70. The van der Waals surface area contributed by atoms with Crippen molar-refractivity contribution in [3.05, 3.63) is 65.6 Å². The number of carbonyl (C=O) groups excluding carboxylic acids is 1. The van der Waals surface area contributed by atoms with Crippen LogP contribution in [0, 0.1) is 0 Å². The highest BCUT2D eigenvalue weighted by Crippen LogP contribution is 2.28. The number of aromatic nitrogens is 2. The van der Waals surface area contributed by atoms with E-state index in [2.05, 4.69) is 20.6 Å². The van der Waals surface area contributed by atoms with Crippen molar-refractivity contribution in [2.75, 3.05) is 36.7 Å². The lowest BCUT2D eigenvalue weighted by atomic mass is 10.2. The van der Waals surface area contributed by atoms with Gasteiger partial charge in [0.1, 0.15) is 17.3 Å². The Morgan fingerprint density at radius 3 is 2.32 bits per heavy atom. The first-order chi connectivity index (χ1) is 13.5. The van der Waals surface area contributed by atoms with E-state index in [4.69, 9.17) is 16.3 Å². The number of hydrogen-bond acceptors (Lipinski definition) is 6. The largest absolute Gasteiger partial charge is 0.495 e. The number of nitrogens with one attached hydrogen (secondary N) is 2. The van der Waals surface area contributed by atoms with Gasteiger partial charge in [-0.3, -0.25) is 4.79 Å². The summed E-state index contributed by atoms with van der Waals surface area (Å²) in [5, 5.41) is 6.36. The van der Waals surface area contributed by atoms with Crippen LogP contribution in [0.25, 0.3) is 0 Å². The molecule has 7 nitrogen and oxygen atoms in total. The number of amides is 1. The fraction of sp³-hybridized carbons (Fsp3) is 0.150. The highest BCUT2D eigenvalue weighted by molar-refractivity contribution is 6.32. The summed E-state index contributed by atoms with van der Waals surface area (Å²) in [5.41, 5.74) is 2.69. The third-order valence-electron chi connectivity index (χ3n) is 3.95. The number of hydrogen-bond donors (Lipinski definition) is 2. The van der Waals surface area contributed by atoms with Gasteiger partial charge in [0.15, 0.2) is 0 Å². The molecule has 0 saturated carbocycles. The van der Waals surface area contributed by atoms with E-state index in [0.717, 1.165) is 11.4 Å². The Balaban J connectivity index is 1.64. The Labute approximate surface area is 168 Å². The van der Waals surface area contributed by atoms with Gasteiger partial charge in [0.05, 0.1) is 24.5 Å². The normalized spacial score (nSPS) is 10.3. The second-order valence-corrected chi connectivity index (χ2v) is 6.56. The molecular weight excluding hydrogens is 378 g/mol. The van der Waals surface area contributed by atoms with Crippen LogP contribution in [0.4, 0.5) is 22.9 Å². The van der Waals surface area contributed by atoms with Crippen LogP contribution in [-0.2, 0) is 0 Å². The number of rotatable bonds is 6. The smallest absolute Gasteiger partial charge is 0.275 e.